The number of anilines is 1. The predicted molar refractivity (Wildman–Crippen MR) is 118 cm³/mol. The molecule has 32 heavy (non-hydrogen) atoms. The minimum Gasteiger partial charge on any atom is -0.366 e. The van der Waals surface area contributed by atoms with Gasteiger partial charge in [0.1, 0.15) is 23.5 Å². The van der Waals surface area contributed by atoms with Crippen LogP contribution < -0.4 is 5.32 Å². The van der Waals surface area contributed by atoms with Crippen molar-refractivity contribution in [3.8, 4) is 22.9 Å². The van der Waals surface area contributed by atoms with Crippen molar-refractivity contribution in [1.29, 1.82) is 0 Å². The van der Waals surface area contributed by atoms with Gasteiger partial charge in [0.25, 0.3) is 0 Å². The molecule has 0 atom stereocenters. The Morgan fingerprint density at radius 1 is 1.16 bits per heavy atom. The first-order valence-electron chi connectivity index (χ1n) is 10.1. The summed E-state index contributed by atoms with van der Waals surface area (Å²) in [4.78, 5) is 8.49. The summed E-state index contributed by atoms with van der Waals surface area (Å²) in [5.41, 5.74) is 2.05. The molecule has 1 aliphatic carbocycles. The number of halogens is 2. The van der Waals surface area contributed by atoms with E-state index in [0.29, 0.717) is 29.2 Å². The monoisotopic (exact) mass is 454 g/mol. The molecule has 7 nitrogen and oxygen atoms in total. The van der Waals surface area contributed by atoms with Crippen molar-refractivity contribution in [2.24, 2.45) is 0 Å². The van der Waals surface area contributed by atoms with E-state index in [0.717, 1.165) is 19.0 Å². The van der Waals surface area contributed by atoms with Crippen molar-refractivity contribution in [1.82, 2.24) is 24.9 Å². The Balaban J connectivity index is 1.48. The minimum atomic E-state index is -0.520. The van der Waals surface area contributed by atoms with E-state index in [1.54, 1.807) is 46.8 Å². The first-order chi connectivity index (χ1) is 15.6. The van der Waals surface area contributed by atoms with Gasteiger partial charge >= 0.3 is 0 Å². The van der Waals surface area contributed by atoms with Crippen LogP contribution in [0, 0.1) is 11.6 Å². The minimum absolute atomic E-state index is 0.141. The molecule has 1 saturated carbocycles. The number of aromatic nitrogens is 5. The standard InChI is InChI=1S/C22H20F2N6OS/c1-32-22(7-8-22)13-26-20-16(24)11-25-21(27-20)18-10-19(17-6-9-31-29-17)30(28-18)12-14-4-2-3-5-15(14)23/h2-6,9-11H,7-8,12-13H2,1H3,(H,25,26,27). The fourth-order valence-corrected chi connectivity index (χ4v) is 4.16. The van der Waals surface area contributed by atoms with Crippen LogP contribution in [-0.4, -0.2) is 42.5 Å². The second-order valence-corrected chi connectivity index (χ2v) is 8.95. The van der Waals surface area contributed by atoms with E-state index in [9.17, 15) is 8.78 Å². The maximum atomic E-state index is 14.3. The number of benzene rings is 1. The summed E-state index contributed by atoms with van der Waals surface area (Å²) in [6, 6.07) is 9.92. The molecule has 0 unspecified atom stereocenters. The molecule has 5 rings (SSSR count). The third kappa shape index (κ3) is 4.10. The molecular formula is C22H20F2N6OS. The maximum absolute atomic E-state index is 14.3. The Labute approximate surface area is 187 Å². The van der Waals surface area contributed by atoms with E-state index in [-0.39, 0.29) is 28.8 Å². The molecule has 0 amide bonds. The average molecular weight is 455 g/mol. The Bertz CT molecular complexity index is 1240. The maximum Gasteiger partial charge on any atom is 0.183 e. The molecule has 0 spiro atoms. The van der Waals surface area contributed by atoms with Crippen molar-refractivity contribution < 1.29 is 13.3 Å². The van der Waals surface area contributed by atoms with Crippen molar-refractivity contribution in [3.63, 3.8) is 0 Å². The number of hydrogen-bond acceptors (Lipinski definition) is 7. The highest BCUT2D eigenvalue weighted by molar-refractivity contribution is 8.00. The van der Waals surface area contributed by atoms with Gasteiger partial charge in [-0.1, -0.05) is 23.4 Å². The summed E-state index contributed by atoms with van der Waals surface area (Å²) in [5.74, 6) is -0.446. The summed E-state index contributed by atoms with van der Waals surface area (Å²) >= 11 is 1.78. The van der Waals surface area contributed by atoms with Gasteiger partial charge in [-0.05, 0) is 31.2 Å². The zero-order valence-corrected chi connectivity index (χ0v) is 18.1. The number of hydrogen-bond donors (Lipinski definition) is 1. The molecule has 1 N–H and O–H groups in total. The number of nitrogens with one attached hydrogen (secondary N) is 1. The Morgan fingerprint density at radius 2 is 2.00 bits per heavy atom. The largest absolute Gasteiger partial charge is 0.366 e. The van der Waals surface area contributed by atoms with Gasteiger partial charge in [-0.25, -0.2) is 18.7 Å². The third-order valence-corrected chi connectivity index (χ3v) is 6.97. The summed E-state index contributed by atoms with van der Waals surface area (Å²) in [5, 5.41) is 11.7. The molecular weight excluding hydrogens is 434 g/mol. The van der Waals surface area contributed by atoms with Crippen LogP contribution in [0.25, 0.3) is 22.9 Å². The van der Waals surface area contributed by atoms with Gasteiger partial charge in [0, 0.05) is 22.9 Å². The van der Waals surface area contributed by atoms with Crippen LogP contribution in [0.3, 0.4) is 0 Å². The number of nitrogens with zero attached hydrogens (tertiary/aromatic N) is 5. The van der Waals surface area contributed by atoms with Crippen LogP contribution in [0.2, 0.25) is 0 Å². The van der Waals surface area contributed by atoms with Gasteiger partial charge in [-0.2, -0.15) is 16.9 Å². The van der Waals surface area contributed by atoms with Crippen LogP contribution >= 0.6 is 11.8 Å². The summed E-state index contributed by atoms with van der Waals surface area (Å²) in [6.07, 6.45) is 6.84. The molecule has 3 heterocycles. The lowest BCUT2D eigenvalue weighted by molar-refractivity contribution is 0.421. The van der Waals surface area contributed by atoms with Crippen LogP contribution in [0.1, 0.15) is 18.4 Å². The molecule has 1 aliphatic rings. The van der Waals surface area contributed by atoms with Crippen molar-refractivity contribution in [3.05, 3.63) is 66.1 Å². The second kappa shape index (κ2) is 8.34. The molecule has 0 bridgehead atoms. The Kier molecular flexibility index (Phi) is 5.38. The Hall–Kier alpha value is -3.27. The van der Waals surface area contributed by atoms with Crippen LogP contribution in [-0.2, 0) is 6.54 Å². The fraction of sp³-hybridized carbons (Fsp3) is 0.273. The average Bonchev–Trinajstić information content (AvgIpc) is 3.18. The van der Waals surface area contributed by atoms with Gasteiger partial charge in [0.2, 0.25) is 0 Å². The Morgan fingerprint density at radius 3 is 2.72 bits per heavy atom. The number of rotatable bonds is 8. The van der Waals surface area contributed by atoms with E-state index < -0.39 is 5.82 Å². The van der Waals surface area contributed by atoms with Gasteiger partial charge in [0.05, 0.1) is 18.4 Å². The third-order valence-electron chi connectivity index (χ3n) is 5.55. The zero-order chi connectivity index (χ0) is 22.1. The first-order valence-corrected chi connectivity index (χ1v) is 11.3. The highest BCUT2D eigenvalue weighted by Crippen LogP contribution is 2.47. The van der Waals surface area contributed by atoms with E-state index in [2.05, 4.69) is 31.8 Å². The van der Waals surface area contributed by atoms with Crippen molar-refractivity contribution in [2.45, 2.75) is 24.1 Å². The summed E-state index contributed by atoms with van der Waals surface area (Å²) < 4.78 is 35.3. The smallest absolute Gasteiger partial charge is 0.183 e. The van der Waals surface area contributed by atoms with E-state index in [4.69, 9.17) is 4.52 Å². The molecule has 3 aromatic heterocycles. The van der Waals surface area contributed by atoms with E-state index in [1.165, 1.54) is 12.3 Å². The first kappa shape index (κ1) is 20.6. The predicted octanol–water partition coefficient (Wildman–Crippen LogP) is 4.63. The highest BCUT2D eigenvalue weighted by Gasteiger charge is 2.41. The fourth-order valence-electron chi connectivity index (χ4n) is 3.44. The SMILES string of the molecule is CSC1(CNc2nc(-c3cc(-c4ccon4)n(Cc4ccccc4F)n3)ncc2F)CC1. The quantitative estimate of drug-likeness (QED) is 0.416. The normalized spacial score (nSPS) is 14.5. The lowest BCUT2D eigenvalue weighted by Crippen LogP contribution is -2.19. The lowest BCUT2D eigenvalue weighted by atomic mass is 10.2. The molecule has 1 fully saturated rings. The lowest BCUT2D eigenvalue weighted by Gasteiger charge is -2.14. The van der Waals surface area contributed by atoms with Gasteiger partial charge in [-0.15, -0.1) is 0 Å². The van der Waals surface area contributed by atoms with Crippen LogP contribution in [0.5, 0.6) is 0 Å². The van der Waals surface area contributed by atoms with Gasteiger partial charge < -0.3 is 9.84 Å². The molecule has 10 heteroatoms. The molecule has 0 radical (unpaired) electrons. The summed E-state index contributed by atoms with van der Waals surface area (Å²) in [6.45, 7) is 0.810. The zero-order valence-electron chi connectivity index (χ0n) is 17.3. The molecule has 4 aromatic rings. The molecule has 0 saturated heterocycles. The van der Waals surface area contributed by atoms with E-state index in [1.807, 2.05) is 0 Å². The molecule has 0 aliphatic heterocycles. The highest BCUT2D eigenvalue weighted by atomic mass is 32.2. The van der Waals surface area contributed by atoms with Crippen molar-refractivity contribution >= 4 is 17.6 Å². The number of thioether (sulfide) groups is 1. The van der Waals surface area contributed by atoms with Crippen LogP contribution in [0.4, 0.5) is 14.6 Å². The van der Waals surface area contributed by atoms with E-state index >= 15 is 0 Å². The molecule has 1 aromatic carbocycles. The summed E-state index contributed by atoms with van der Waals surface area (Å²) in [7, 11) is 0. The van der Waals surface area contributed by atoms with Crippen LogP contribution in [0.15, 0.2) is 53.4 Å². The second-order valence-electron chi connectivity index (χ2n) is 7.68. The van der Waals surface area contributed by atoms with Gasteiger partial charge in [0.15, 0.2) is 17.5 Å². The van der Waals surface area contributed by atoms with Crippen molar-refractivity contribution in [2.75, 3.05) is 18.1 Å². The molecule has 164 valence electrons. The topological polar surface area (TPSA) is 81.7 Å². The van der Waals surface area contributed by atoms with Gasteiger partial charge in [-0.3, -0.25) is 4.68 Å².